The third-order valence-corrected chi connectivity index (χ3v) is 4.64. The van der Waals surface area contributed by atoms with Gasteiger partial charge in [-0.3, -0.25) is 0 Å². The van der Waals surface area contributed by atoms with Gasteiger partial charge < -0.3 is 4.90 Å². The van der Waals surface area contributed by atoms with E-state index in [-0.39, 0.29) is 0 Å². The van der Waals surface area contributed by atoms with Crippen LogP contribution in [0.25, 0.3) is 0 Å². The molecule has 0 aliphatic carbocycles. The second-order valence-corrected chi connectivity index (χ2v) is 6.11. The van der Waals surface area contributed by atoms with Gasteiger partial charge in [0.2, 0.25) is 0 Å². The molecule has 122 valence electrons. The Kier molecular flexibility index (Phi) is 5.32. The molecule has 0 heterocycles. The summed E-state index contributed by atoms with van der Waals surface area (Å²) in [6.45, 7) is 4.53. The summed E-state index contributed by atoms with van der Waals surface area (Å²) in [5, 5.41) is 0. The molecular formula is C23H25N. The molecule has 0 fully saturated rings. The Labute approximate surface area is 145 Å². The number of anilines is 3. The van der Waals surface area contributed by atoms with Gasteiger partial charge in [-0.25, -0.2) is 0 Å². The van der Waals surface area contributed by atoms with Crippen molar-refractivity contribution in [2.24, 2.45) is 0 Å². The van der Waals surface area contributed by atoms with Crippen LogP contribution in [0.2, 0.25) is 0 Å². The third-order valence-electron chi connectivity index (χ3n) is 4.64. The minimum atomic E-state index is 0.654. The average Bonchev–Trinajstić information content (AvgIpc) is 2.66. The summed E-state index contributed by atoms with van der Waals surface area (Å²) in [5.74, 6) is 0.654. The van der Waals surface area contributed by atoms with Crippen LogP contribution in [0, 0.1) is 0 Å². The van der Waals surface area contributed by atoms with E-state index in [1.807, 2.05) is 0 Å². The van der Waals surface area contributed by atoms with E-state index in [1.54, 1.807) is 0 Å². The van der Waals surface area contributed by atoms with E-state index < -0.39 is 0 Å². The second-order valence-electron chi connectivity index (χ2n) is 6.11. The molecule has 3 aromatic carbocycles. The number of hydrogen-bond donors (Lipinski definition) is 0. The van der Waals surface area contributed by atoms with Crippen molar-refractivity contribution in [1.29, 1.82) is 0 Å². The summed E-state index contributed by atoms with van der Waals surface area (Å²) in [6, 6.07) is 30.1. The lowest BCUT2D eigenvalue weighted by Crippen LogP contribution is -2.09. The Morgan fingerprint density at radius 1 is 0.583 bits per heavy atom. The van der Waals surface area contributed by atoms with Crippen LogP contribution in [0.3, 0.4) is 0 Å². The van der Waals surface area contributed by atoms with Crippen molar-refractivity contribution in [2.45, 2.75) is 32.6 Å². The summed E-state index contributed by atoms with van der Waals surface area (Å²) in [5.41, 5.74) is 4.99. The average molecular weight is 315 g/mol. The normalized spacial score (nSPS) is 10.8. The molecule has 0 aliphatic rings. The Hall–Kier alpha value is -2.54. The Balaban J connectivity index is 2.00. The molecule has 0 spiro atoms. The highest BCUT2D eigenvalue weighted by Crippen LogP contribution is 2.35. The molecule has 1 nitrogen and oxygen atoms in total. The van der Waals surface area contributed by atoms with Crippen molar-refractivity contribution in [3.8, 4) is 0 Å². The Bertz CT molecular complexity index is 689. The van der Waals surface area contributed by atoms with Gasteiger partial charge >= 0.3 is 0 Å². The van der Waals surface area contributed by atoms with Crippen molar-refractivity contribution < 1.29 is 0 Å². The molecule has 0 radical (unpaired) electrons. The molecule has 0 saturated heterocycles. The summed E-state index contributed by atoms with van der Waals surface area (Å²) < 4.78 is 0. The standard InChI is InChI=1S/C23H25N/c1-3-19(4-2)20-15-17-23(18-16-20)24(21-11-7-5-8-12-21)22-13-9-6-10-14-22/h5-19H,3-4H2,1-2H3. The van der Waals surface area contributed by atoms with Crippen LogP contribution in [-0.2, 0) is 0 Å². The van der Waals surface area contributed by atoms with Crippen LogP contribution in [0.1, 0.15) is 38.2 Å². The molecule has 0 saturated carbocycles. The first-order valence-corrected chi connectivity index (χ1v) is 8.83. The zero-order valence-electron chi connectivity index (χ0n) is 14.5. The van der Waals surface area contributed by atoms with Crippen molar-refractivity contribution in [2.75, 3.05) is 4.90 Å². The zero-order valence-corrected chi connectivity index (χ0v) is 14.5. The number of para-hydroxylation sites is 2. The van der Waals surface area contributed by atoms with Crippen LogP contribution in [0.5, 0.6) is 0 Å². The molecule has 0 aliphatic heterocycles. The first-order valence-electron chi connectivity index (χ1n) is 8.83. The van der Waals surface area contributed by atoms with Crippen molar-refractivity contribution in [3.63, 3.8) is 0 Å². The molecular weight excluding hydrogens is 290 g/mol. The lowest BCUT2D eigenvalue weighted by atomic mass is 9.94. The molecule has 0 amide bonds. The van der Waals surface area contributed by atoms with E-state index in [0.29, 0.717) is 5.92 Å². The first-order chi connectivity index (χ1) is 11.8. The van der Waals surface area contributed by atoms with Crippen LogP contribution in [0.4, 0.5) is 17.1 Å². The van der Waals surface area contributed by atoms with E-state index in [2.05, 4.69) is 104 Å². The first kappa shape index (κ1) is 16.3. The number of rotatable bonds is 6. The largest absolute Gasteiger partial charge is 0.311 e. The lowest BCUT2D eigenvalue weighted by molar-refractivity contribution is 0.642. The van der Waals surface area contributed by atoms with Gasteiger partial charge in [0.1, 0.15) is 0 Å². The van der Waals surface area contributed by atoms with Gasteiger partial charge in [-0.15, -0.1) is 0 Å². The third kappa shape index (κ3) is 3.51. The van der Waals surface area contributed by atoms with Gasteiger partial charge in [0, 0.05) is 17.1 Å². The van der Waals surface area contributed by atoms with Gasteiger partial charge in [-0.2, -0.15) is 0 Å². The molecule has 3 rings (SSSR count). The maximum absolute atomic E-state index is 2.30. The highest BCUT2D eigenvalue weighted by atomic mass is 15.1. The topological polar surface area (TPSA) is 3.24 Å². The molecule has 0 atom stereocenters. The second kappa shape index (κ2) is 7.83. The molecule has 0 bridgehead atoms. The van der Waals surface area contributed by atoms with Gasteiger partial charge in [0.05, 0.1) is 0 Å². The summed E-state index contributed by atoms with van der Waals surface area (Å²) in [7, 11) is 0. The molecule has 0 unspecified atom stereocenters. The number of benzene rings is 3. The molecule has 1 heteroatoms. The SMILES string of the molecule is CCC(CC)c1ccc(N(c2ccccc2)c2ccccc2)cc1. The summed E-state index contributed by atoms with van der Waals surface area (Å²) in [4.78, 5) is 2.30. The van der Waals surface area contributed by atoms with Crippen LogP contribution in [-0.4, -0.2) is 0 Å². The number of hydrogen-bond acceptors (Lipinski definition) is 1. The highest BCUT2D eigenvalue weighted by Gasteiger charge is 2.13. The van der Waals surface area contributed by atoms with Crippen molar-refractivity contribution >= 4 is 17.1 Å². The lowest BCUT2D eigenvalue weighted by Gasteiger charge is -2.26. The highest BCUT2D eigenvalue weighted by molar-refractivity contribution is 5.76. The zero-order chi connectivity index (χ0) is 16.8. The minimum Gasteiger partial charge on any atom is -0.311 e. The minimum absolute atomic E-state index is 0.654. The van der Waals surface area contributed by atoms with E-state index in [0.717, 1.165) is 0 Å². The molecule has 3 aromatic rings. The van der Waals surface area contributed by atoms with Crippen LogP contribution < -0.4 is 4.90 Å². The van der Waals surface area contributed by atoms with E-state index >= 15 is 0 Å². The van der Waals surface area contributed by atoms with Crippen molar-refractivity contribution in [1.82, 2.24) is 0 Å². The Morgan fingerprint density at radius 3 is 1.42 bits per heavy atom. The quantitative estimate of drug-likeness (QED) is 0.470. The van der Waals surface area contributed by atoms with E-state index in [1.165, 1.54) is 35.5 Å². The number of nitrogens with zero attached hydrogens (tertiary/aromatic N) is 1. The smallest absolute Gasteiger partial charge is 0.0461 e. The summed E-state index contributed by atoms with van der Waals surface area (Å²) in [6.07, 6.45) is 2.38. The summed E-state index contributed by atoms with van der Waals surface area (Å²) >= 11 is 0. The maximum atomic E-state index is 2.30. The van der Waals surface area contributed by atoms with E-state index in [4.69, 9.17) is 0 Å². The Morgan fingerprint density at radius 2 is 1.00 bits per heavy atom. The molecule has 0 aromatic heterocycles. The van der Waals surface area contributed by atoms with Gasteiger partial charge in [-0.05, 0) is 60.7 Å². The predicted molar refractivity (Wildman–Crippen MR) is 104 cm³/mol. The maximum Gasteiger partial charge on any atom is 0.0461 e. The fourth-order valence-electron chi connectivity index (χ4n) is 3.26. The fourth-order valence-corrected chi connectivity index (χ4v) is 3.26. The van der Waals surface area contributed by atoms with Gasteiger partial charge in [0.25, 0.3) is 0 Å². The van der Waals surface area contributed by atoms with Crippen LogP contribution >= 0.6 is 0 Å². The van der Waals surface area contributed by atoms with Crippen molar-refractivity contribution in [3.05, 3.63) is 90.5 Å². The van der Waals surface area contributed by atoms with Gasteiger partial charge in [-0.1, -0.05) is 62.4 Å². The van der Waals surface area contributed by atoms with Crippen LogP contribution in [0.15, 0.2) is 84.9 Å². The fraction of sp³-hybridized carbons (Fsp3) is 0.217. The van der Waals surface area contributed by atoms with Gasteiger partial charge in [0.15, 0.2) is 0 Å². The van der Waals surface area contributed by atoms with E-state index in [9.17, 15) is 0 Å². The molecule has 0 N–H and O–H groups in total. The monoisotopic (exact) mass is 315 g/mol. The predicted octanol–water partition coefficient (Wildman–Crippen LogP) is 7.06. The molecule has 24 heavy (non-hydrogen) atoms.